The highest BCUT2D eigenvalue weighted by atomic mass is 35.5. The van der Waals surface area contributed by atoms with Gasteiger partial charge in [0.2, 0.25) is 10.0 Å². The molecule has 0 radical (unpaired) electrons. The molecular formula is C12H15Cl2NO4S. The number of hydrogen-bond acceptors (Lipinski definition) is 3. The van der Waals surface area contributed by atoms with Crippen molar-refractivity contribution in [3.8, 4) is 0 Å². The summed E-state index contributed by atoms with van der Waals surface area (Å²) in [6.45, 7) is 3.60. The van der Waals surface area contributed by atoms with E-state index in [0.717, 1.165) is 0 Å². The SMILES string of the molecule is CC(C)C[C@@H](NS(=O)(=O)c1cc(Cl)ccc1Cl)C(=O)O. The molecule has 0 amide bonds. The molecule has 1 aromatic rings. The predicted octanol–water partition coefficient (Wildman–Crippen LogP) is 2.77. The second-order valence-corrected chi connectivity index (χ2v) is 7.24. The fourth-order valence-corrected chi connectivity index (χ4v) is 3.57. The van der Waals surface area contributed by atoms with Gasteiger partial charge in [-0.15, -0.1) is 0 Å². The van der Waals surface area contributed by atoms with Crippen LogP contribution in [-0.4, -0.2) is 25.5 Å². The molecule has 1 aromatic carbocycles. The number of aliphatic carboxylic acids is 1. The molecule has 112 valence electrons. The Labute approximate surface area is 127 Å². The third kappa shape index (κ3) is 4.63. The Morgan fingerprint density at radius 2 is 1.95 bits per heavy atom. The van der Waals surface area contributed by atoms with Crippen LogP contribution in [0.3, 0.4) is 0 Å². The third-order valence-electron chi connectivity index (χ3n) is 2.49. The van der Waals surface area contributed by atoms with Gasteiger partial charge in [-0.2, -0.15) is 4.72 Å². The number of carboxylic acids is 1. The van der Waals surface area contributed by atoms with Crippen LogP contribution in [0.4, 0.5) is 0 Å². The lowest BCUT2D eigenvalue weighted by atomic mass is 10.1. The molecule has 0 saturated carbocycles. The van der Waals surface area contributed by atoms with Crippen LogP contribution >= 0.6 is 23.2 Å². The van der Waals surface area contributed by atoms with E-state index >= 15 is 0 Å². The molecule has 1 rings (SSSR count). The number of nitrogens with one attached hydrogen (secondary N) is 1. The summed E-state index contributed by atoms with van der Waals surface area (Å²) in [4.78, 5) is 10.9. The van der Waals surface area contributed by atoms with Crippen LogP contribution < -0.4 is 4.72 Å². The van der Waals surface area contributed by atoms with Crippen molar-refractivity contribution in [2.75, 3.05) is 0 Å². The molecule has 20 heavy (non-hydrogen) atoms. The first-order chi connectivity index (χ1) is 9.13. The summed E-state index contributed by atoms with van der Waals surface area (Å²) in [5.74, 6) is -1.21. The highest BCUT2D eigenvalue weighted by Gasteiger charge is 2.27. The van der Waals surface area contributed by atoms with E-state index < -0.39 is 22.0 Å². The zero-order valence-electron chi connectivity index (χ0n) is 10.9. The minimum atomic E-state index is -4.05. The van der Waals surface area contributed by atoms with E-state index in [1.807, 2.05) is 0 Å². The lowest BCUT2D eigenvalue weighted by Crippen LogP contribution is -2.41. The summed E-state index contributed by atoms with van der Waals surface area (Å²) < 4.78 is 26.5. The van der Waals surface area contributed by atoms with Gasteiger partial charge in [0.05, 0.1) is 5.02 Å². The molecule has 0 saturated heterocycles. The van der Waals surface area contributed by atoms with Crippen molar-refractivity contribution in [1.82, 2.24) is 4.72 Å². The molecule has 0 unspecified atom stereocenters. The maximum Gasteiger partial charge on any atom is 0.321 e. The van der Waals surface area contributed by atoms with Crippen molar-refractivity contribution in [3.63, 3.8) is 0 Å². The average molecular weight is 340 g/mol. The lowest BCUT2D eigenvalue weighted by molar-refractivity contribution is -0.139. The van der Waals surface area contributed by atoms with Crippen molar-refractivity contribution in [2.24, 2.45) is 5.92 Å². The van der Waals surface area contributed by atoms with Crippen molar-refractivity contribution in [2.45, 2.75) is 31.2 Å². The molecule has 0 aliphatic rings. The lowest BCUT2D eigenvalue weighted by Gasteiger charge is -2.17. The van der Waals surface area contributed by atoms with Gasteiger partial charge in [0.25, 0.3) is 0 Å². The number of sulfonamides is 1. The topological polar surface area (TPSA) is 83.5 Å². The monoisotopic (exact) mass is 339 g/mol. The molecule has 0 fully saturated rings. The molecule has 0 spiro atoms. The van der Waals surface area contributed by atoms with Crippen LogP contribution in [0, 0.1) is 5.92 Å². The molecule has 0 aliphatic heterocycles. The van der Waals surface area contributed by atoms with E-state index in [2.05, 4.69) is 4.72 Å². The van der Waals surface area contributed by atoms with E-state index in [1.165, 1.54) is 18.2 Å². The predicted molar refractivity (Wildman–Crippen MR) is 77.7 cm³/mol. The minimum Gasteiger partial charge on any atom is -0.480 e. The largest absolute Gasteiger partial charge is 0.480 e. The van der Waals surface area contributed by atoms with Crippen LogP contribution in [0.2, 0.25) is 10.0 Å². The molecule has 8 heteroatoms. The molecule has 0 aromatic heterocycles. The van der Waals surface area contributed by atoms with Gasteiger partial charge in [-0.05, 0) is 30.5 Å². The highest BCUT2D eigenvalue weighted by molar-refractivity contribution is 7.89. The summed E-state index contributed by atoms with van der Waals surface area (Å²) >= 11 is 11.6. The molecule has 2 N–H and O–H groups in total. The number of carbonyl (C=O) groups is 1. The second kappa shape index (κ2) is 6.76. The summed E-state index contributed by atoms with van der Waals surface area (Å²) in [6, 6.07) is 2.76. The van der Waals surface area contributed by atoms with Crippen molar-refractivity contribution in [3.05, 3.63) is 28.2 Å². The van der Waals surface area contributed by atoms with Crippen LogP contribution in [0.1, 0.15) is 20.3 Å². The Balaban J connectivity index is 3.09. The maximum atomic E-state index is 12.2. The normalized spacial score (nSPS) is 13.4. The number of halogens is 2. The van der Waals surface area contributed by atoms with Gasteiger partial charge in [0, 0.05) is 5.02 Å². The van der Waals surface area contributed by atoms with Gasteiger partial charge >= 0.3 is 5.97 Å². The van der Waals surface area contributed by atoms with Crippen LogP contribution in [0.25, 0.3) is 0 Å². The van der Waals surface area contributed by atoms with Crippen molar-refractivity contribution in [1.29, 1.82) is 0 Å². The molecule has 0 heterocycles. The first-order valence-electron chi connectivity index (χ1n) is 5.83. The summed E-state index contributed by atoms with van der Waals surface area (Å²) in [7, 11) is -4.05. The molecular weight excluding hydrogens is 325 g/mol. The van der Waals surface area contributed by atoms with E-state index in [4.69, 9.17) is 28.3 Å². The molecule has 0 aliphatic carbocycles. The van der Waals surface area contributed by atoms with E-state index in [0.29, 0.717) is 0 Å². The minimum absolute atomic E-state index is 0.0180. The Hall–Kier alpha value is -0.820. The van der Waals surface area contributed by atoms with Gasteiger partial charge < -0.3 is 5.11 Å². The zero-order valence-corrected chi connectivity index (χ0v) is 13.3. The van der Waals surface area contributed by atoms with Gasteiger partial charge in [0.1, 0.15) is 10.9 Å². The van der Waals surface area contributed by atoms with Crippen LogP contribution in [0.5, 0.6) is 0 Å². The number of rotatable bonds is 6. The number of hydrogen-bond donors (Lipinski definition) is 2. The van der Waals surface area contributed by atoms with Gasteiger partial charge in [-0.25, -0.2) is 8.42 Å². The third-order valence-corrected chi connectivity index (χ3v) is 4.67. The van der Waals surface area contributed by atoms with Crippen LogP contribution in [0.15, 0.2) is 23.1 Å². The Kier molecular flexibility index (Phi) is 5.82. The fourth-order valence-electron chi connectivity index (χ4n) is 1.60. The molecule has 1 atom stereocenters. The zero-order chi connectivity index (χ0) is 15.5. The summed E-state index contributed by atoms with van der Waals surface area (Å²) in [6.07, 6.45) is 0.173. The second-order valence-electron chi connectivity index (χ2n) is 4.72. The Bertz CT molecular complexity index is 601. The first kappa shape index (κ1) is 17.2. The van der Waals surface area contributed by atoms with Gasteiger partial charge in [0.15, 0.2) is 0 Å². The van der Waals surface area contributed by atoms with Crippen molar-refractivity contribution < 1.29 is 18.3 Å². The Morgan fingerprint density at radius 3 is 2.45 bits per heavy atom. The smallest absolute Gasteiger partial charge is 0.321 e. The quantitative estimate of drug-likeness (QED) is 0.834. The van der Waals surface area contributed by atoms with Crippen LogP contribution in [-0.2, 0) is 14.8 Å². The van der Waals surface area contributed by atoms with E-state index in [1.54, 1.807) is 13.8 Å². The van der Waals surface area contributed by atoms with Gasteiger partial charge in [-0.1, -0.05) is 37.0 Å². The van der Waals surface area contributed by atoms with E-state index in [9.17, 15) is 13.2 Å². The number of benzene rings is 1. The molecule has 0 bridgehead atoms. The number of carboxylic acid groups (broad SMARTS) is 1. The Morgan fingerprint density at radius 1 is 1.35 bits per heavy atom. The highest BCUT2D eigenvalue weighted by Crippen LogP contribution is 2.25. The summed E-state index contributed by atoms with van der Waals surface area (Å²) in [5.41, 5.74) is 0. The van der Waals surface area contributed by atoms with E-state index in [-0.39, 0.29) is 27.3 Å². The molecule has 5 nitrogen and oxygen atoms in total. The summed E-state index contributed by atoms with van der Waals surface area (Å²) in [5, 5.41) is 9.25. The maximum absolute atomic E-state index is 12.2. The van der Waals surface area contributed by atoms with Crippen molar-refractivity contribution >= 4 is 39.2 Å². The standard InChI is InChI=1S/C12H15Cl2NO4S/c1-7(2)5-10(12(16)17)15-20(18,19)11-6-8(13)3-4-9(11)14/h3-4,6-7,10,15H,5H2,1-2H3,(H,16,17)/t10-/m1/s1. The first-order valence-corrected chi connectivity index (χ1v) is 8.07. The fraction of sp³-hybridized carbons (Fsp3) is 0.417. The van der Waals surface area contributed by atoms with Gasteiger partial charge in [-0.3, -0.25) is 4.79 Å². The average Bonchev–Trinajstić information content (AvgIpc) is 2.30.